The molecular weight excluding hydrogens is 214 g/mol. The maximum absolute atomic E-state index is 8.79. The van der Waals surface area contributed by atoms with Crippen molar-refractivity contribution >= 4 is 0 Å². The van der Waals surface area contributed by atoms with Crippen LogP contribution in [-0.2, 0) is 0 Å². The molecule has 0 aliphatic heterocycles. The summed E-state index contributed by atoms with van der Waals surface area (Å²) in [7, 11) is 0. The van der Waals surface area contributed by atoms with E-state index < -0.39 is 0 Å². The summed E-state index contributed by atoms with van der Waals surface area (Å²) < 4.78 is 5.58. The predicted molar refractivity (Wildman–Crippen MR) is 62.7 cm³/mol. The van der Waals surface area contributed by atoms with Crippen molar-refractivity contribution in [2.75, 3.05) is 0 Å². The number of rotatable bonds is 2. The highest BCUT2D eigenvalue weighted by atomic mass is 16.5. The Morgan fingerprint density at radius 1 is 1.18 bits per heavy atom. The largest absolute Gasteiger partial charge is 0.439 e. The second-order valence-corrected chi connectivity index (χ2v) is 3.64. The van der Waals surface area contributed by atoms with Gasteiger partial charge in [-0.15, -0.1) is 0 Å². The molecule has 0 atom stereocenters. The summed E-state index contributed by atoms with van der Waals surface area (Å²) in [6.45, 7) is 3.69. The molecule has 1 aromatic heterocycles. The van der Waals surface area contributed by atoms with Gasteiger partial charge in [0.15, 0.2) is 0 Å². The van der Waals surface area contributed by atoms with E-state index in [1.165, 1.54) is 0 Å². The zero-order chi connectivity index (χ0) is 12.3. The summed E-state index contributed by atoms with van der Waals surface area (Å²) in [5, 5.41) is 8.79. The Hall–Kier alpha value is -2.41. The highest BCUT2D eigenvalue weighted by Crippen LogP contribution is 2.20. The van der Waals surface area contributed by atoms with Gasteiger partial charge in [-0.3, -0.25) is 0 Å². The molecule has 2 aromatic rings. The minimum Gasteiger partial charge on any atom is -0.439 e. The molecule has 0 saturated heterocycles. The number of hydrogen-bond donors (Lipinski definition) is 0. The van der Waals surface area contributed by atoms with E-state index in [2.05, 4.69) is 16.0 Å². The van der Waals surface area contributed by atoms with Crippen LogP contribution in [0.2, 0.25) is 0 Å². The van der Waals surface area contributed by atoms with Crippen molar-refractivity contribution in [1.82, 2.24) is 9.97 Å². The van der Waals surface area contributed by atoms with Gasteiger partial charge in [0.1, 0.15) is 11.6 Å². The van der Waals surface area contributed by atoms with Gasteiger partial charge in [-0.25, -0.2) is 4.98 Å². The van der Waals surface area contributed by atoms with Crippen molar-refractivity contribution in [2.24, 2.45) is 0 Å². The lowest BCUT2D eigenvalue weighted by atomic mass is 10.2. The zero-order valence-corrected chi connectivity index (χ0v) is 9.64. The summed E-state index contributed by atoms with van der Waals surface area (Å²) in [5.41, 5.74) is 1.41. The Balaban J connectivity index is 2.28. The molecule has 0 aliphatic rings. The molecule has 0 radical (unpaired) electrons. The number of benzene rings is 1. The minimum atomic E-state index is 0.491. The summed E-state index contributed by atoms with van der Waals surface area (Å²) in [6.07, 6.45) is 0. The van der Waals surface area contributed by atoms with Gasteiger partial charge in [0.2, 0.25) is 5.88 Å². The van der Waals surface area contributed by atoms with Crippen molar-refractivity contribution in [1.29, 1.82) is 5.26 Å². The fraction of sp³-hybridized carbons (Fsp3) is 0.154. The first-order valence-corrected chi connectivity index (χ1v) is 5.17. The molecule has 2 rings (SSSR count). The van der Waals surface area contributed by atoms with Gasteiger partial charge in [-0.2, -0.15) is 10.2 Å². The third-order valence-corrected chi connectivity index (χ3v) is 2.13. The van der Waals surface area contributed by atoms with E-state index >= 15 is 0 Å². The number of ether oxygens (including phenoxy) is 1. The van der Waals surface area contributed by atoms with Crippen LogP contribution in [0.3, 0.4) is 0 Å². The normalized spacial score (nSPS) is 9.71. The number of aromatic nitrogens is 2. The number of aryl methyl sites for hydroxylation is 2. The highest BCUT2D eigenvalue weighted by molar-refractivity contribution is 5.37. The molecule has 4 nitrogen and oxygen atoms in total. The molecule has 1 aromatic carbocycles. The molecule has 0 amide bonds. The molecule has 4 heteroatoms. The molecule has 0 spiro atoms. The van der Waals surface area contributed by atoms with Crippen LogP contribution in [0.4, 0.5) is 0 Å². The van der Waals surface area contributed by atoms with Crippen LogP contribution >= 0.6 is 0 Å². The Labute approximate surface area is 99.5 Å². The van der Waals surface area contributed by atoms with E-state index in [9.17, 15) is 0 Å². The topological polar surface area (TPSA) is 58.8 Å². The van der Waals surface area contributed by atoms with Crippen LogP contribution in [0.25, 0.3) is 0 Å². The molecule has 0 bridgehead atoms. The average Bonchev–Trinajstić information content (AvgIpc) is 2.28. The summed E-state index contributed by atoms with van der Waals surface area (Å²) in [4.78, 5) is 8.33. The molecule has 0 N–H and O–H groups in total. The van der Waals surface area contributed by atoms with E-state index in [-0.39, 0.29) is 0 Å². The average molecular weight is 225 g/mol. The van der Waals surface area contributed by atoms with E-state index in [0.717, 1.165) is 5.69 Å². The predicted octanol–water partition coefficient (Wildman–Crippen LogP) is 2.76. The summed E-state index contributed by atoms with van der Waals surface area (Å²) >= 11 is 0. The lowest BCUT2D eigenvalue weighted by molar-refractivity contribution is 0.459. The molecule has 17 heavy (non-hydrogen) atoms. The fourth-order valence-corrected chi connectivity index (χ4v) is 1.49. The van der Waals surface area contributed by atoms with Crippen LogP contribution in [-0.4, -0.2) is 9.97 Å². The summed E-state index contributed by atoms with van der Waals surface area (Å²) in [6, 6.07) is 10.8. The van der Waals surface area contributed by atoms with E-state index in [4.69, 9.17) is 10.00 Å². The van der Waals surface area contributed by atoms with E-state index in [1.54, 1.807) is 30.3 Å². The Bertz CT molecular complexity index is 567. The molecule has 0 saturated carbocycles. The van der Waals surface area contributed by atoms with Crippen molar-refractivity contribution in [2.45, 2.75) is 13.8 Å². The van der Waals surface area contributed by atoms with Gasteiger partial charge in [0, 0.05) is 11.8 Å². The first kappa shape index (κ1) is 11.1. The number of hydrogen-bond acceptors (Lipinski definition) is 4. The van der Waals surface area contributed by atoms with Crippen LogP contribution < -0.4 is 4.74 Å². The monoisotopic (exact) mass is 225 g/mol. The highest BCUT2D eigenvalue weighted by Gasteiger charge is 2.02. The molecular formula is C13H11N3O. The van der Waals surface area contributed by atoms with Gasteiger partial charge in [0.05, 0.1) is 11.6 Å². The lowest BCUT2D eigenvalue weighted by Gasteiger charge is -2.06. The van der Waals surface area contributed by atoms with Crippen LogP contribution in [0, 0.1) is 25.2 Å². The second kappa shape index (κ2) is 4.62. The molecule has 0 aliphatic carbocycles. The van der Waals surface area contributed by atoms with Gasteiger partial charge in [-0.1, -0.05) is 6.07 Å². The first-order valence-electron chi connectivity index (χ1n) is 5.17. The Morgan fingerprint density at radius 3 is 2.71 bits per heavy atom. The second-order valence-electron chi connectivity index (χ2n) is 3.64. The molecule has 0 fully saturated rings. The van der Waals surface area contributed by atoms with Crippen LogP contribution in [0.5, 0.6) is 11.6 Å². The minimum absolute atomic E-state index is 0.491. The first-order chi connectivity index (χ1) is 8.17. The quantitative estimate of drug-likeness (QED) is 0.788. The third-order valence-electron chi connectivity index (χ3n) is 2.13. The maximum atomic E-state index is 8.79. The van der Waals surface area contributed by atoms with E-state index in [1.807, 2.05) is 13.8 Å². The fourth-order valence-electron chi connectivity index (χ4n) is 1.49. The SMILES string of the molecule is Cc1cc(Oc2cccc(C#N)c2)nc(C)n1. The van der Waals surface area contributed by atoms with Crippen molar-refractivity contribution in [3.05, 3.63) is 47.4 Å². The van der Waals surface area contributed by atoms with Crippen LogP contribution in [0.1, 0.15) is 17.1 Å². The van der Waals surface area contributed by atoms with Crippen LogP contribution in [0.15, 0.2) is 30.3 Å². The third kappa shape index (κ3) is 2.79. The van der Waals surface area contributed by atoms with Crippen molar-refractivity contribution in [3.63, 3.8) is 0 Å². The summed E-state index contributed by atoms with van der Waals surface area (Å²) in [5.74, 6) is 1.75. The van der Waals surface area contributed by atoms with Crippen molar-refractivity contribution < 1.29 is 4.74 Å². The number of nitrogens with zero attached hydrogens (tertiary/aromatic N) is 3. The van der Waals surface area contributed by atoms with Gasteiger partial charge in [0.25, 0.3) is 0 Å². The molecule has 84 valence electrons. The number of nitriles is 1. The standard InChI is InChI=1S/C13H11N3O/c1-9-6-13(16-10(2)15-9)17-12-5-3-4-11(7-12)8-14/h3-7H,1-2H3. The van der Waals surface area contributed by atoms with Gasteiger partial charge in [-0.05, 0) is 32.0 Å². The van der Waals surface area contributed by atoms with Gasteiger partial charge >= 0.3 is 0 Å². The maximum Gasteiger partial charge on any atom is 0.222 e. The lowest BCUT2D eigenvalue weighted by Crippen LogP contribution is -1.95. The van der Waals surface area contributed by atoms with Gasteiger partial charge < -0.3 is 4.74 Å². The Morgan fingerprint density at radius 2 is 2.00 bits per heavy atom. The van der Waals surface area contributed by atoms with Crippen molar-refractivity contribution in [3.8, 4) is 17.7 Å². The molecule has 1 heterocycles. The van der Waals surface area contributed by atoms with E-state index in [0.29, 0.717) is 23.0 Å². The zero-order valence-electron chi connectivity index (χ0n) is 9.64. The molecule has 0 unspecified atom stereocenters. The Kier molecular flexibility index (Phi) is 3.01. The smallest absolute Gasteiger partial charge is 0.222 e.